The van der Waals surface area contributed by atoms with Gasteiger partial charge in [-0.1, -0.05) is 12.1 Å². The van der Waals surface area contributed by atoms with E-state index in [1.165, 1.54) is 0 Å². The second-order valence-corrected chi connectivity index (χ2v) is 5.10. The Balaban J connectivity index is 2.13. The van der Waals surface area contributed by atoms with E-state index in [1.54, 1.807) is 0 Å². The van der Waals surface area contributed by atoms with E-state index in [0.717, 1.165) is 42.9 Å². The van der Waals surface area contributed by atoms with Crippen LogP contribution in [0, 0.1) is 6.92 Å². The van der Waals surface area contributed by atoms with Crippen LogP contribution in [-0.2, 0) is 0 Å². The number of rotatable bonds is 0. The predicted octanol–water partition coefficient (Wildman–Crippen LogP) is 1.21. The Kier molecular flexibility index (Phi) is 2.74. The number of nitrogens with one attached hydrogen (secondary N) is 1. The first-order chi connectivity index (χ1) is 8.70. The van der Waals surface area contributed by atoms with Crippen molar-refractivity contribution in [3.63, 3.8) is 0 Å². The molecule has 1 unspecified atom stereocenters. The van der Waals surface area contributed by atoms with Gasteiger partial charge in [-0.15, -0.1) is 0 Å². The lowest BCUT2D eigenvalue weighted by Gasteiger charge is -2.43. The molecule has 2 aliphatic heterocycles. The van der Waals surface area contributed by atoms with E-state index in [4.69, 9.17) is 0 Å². The van der Waals surface area contributed by atoms with Crippen LogP contribution in [-0.4, -0.2) is 43.7 Å². The van der Waals surface area contributed by atoms with E-state index in [0.29, 0.717) is 0 Å². The van der Waals surface area contributed by atoms with Crippen LogP contribution in [0.1, 0.15) is 22.3 Å². The van der Waals surface area contributed by atoms with Crippen LogP contribution < -0.4 is 10.2 Å². The number of carbonyl (C=O) groups excluding carboxylic acids is 1. The molecule has 96 valence electrons. The van der Waals surface area contributed by atoms with Crippen molar-refractivity contribution in [2.45, 2.75) is 19.5 Å². The maximum absolute atomic E-state index is 12.5. The van der Waals surface area contributed by atoms with Crippen molar-refractivity contribution in [1.29, 1.82) is 0 Å². The summed E-state index contributed by atoms with van der Waals surface area (Å²) in [5.41, 5.74) is 3.05. The monoisotopic (exact) mass is 245 g/mol. The summed E-state index contributed by atoms with van der Waals surface area (Å²) in [6.45, 7) is 4.92. The third-order valence-electron chi connectivity index (χ3n) is 4.01. The Morgan fingerprint density at radius 3 is 3.00 bits per heavy atom. The molecule has 0 spiro atoms. The Bertz CT molecular complexity index is 486. The van der Waals surface area contributed by atoms with Crippen LogP contribution in [0.2, 0.25) is 0 Å². The smallest absolute Gasteiger partial charge is 0.257 e. The zero-order valence-electron chi connectivity index (χ0n) is 10.9. The number of aryl methyl sites for hydroxylation is 1. The minimum atomic E-state index is 0.159. The predicted molar refractivity (Wildman–Crippen MR) is 71.9 cm³/mol. The lowest BCUT2D eigenvalue weighted by atomic mass is 10.00. The molecule has 1 amide bonds. The average Bonchev–Trinajstić information content (AvgIpc) is 2.61. The fourth-order valence-electron chi connectivity index (χ4n) is 3.03. The fourth-order valence-corrected chi connectivity index (χ4v) is 3.03. The number of fused-ring (bicyclic) bond motifs is 3. The second-order valence-electron chi connectivity index (χ2n) is 5.10. The van der Waals surface area contributed by atoms with E-state index in [-0.39, 0.29) is 12.1 Å². The second kappa shape index (κ2) is 4.28. The number of benzene rings is 1. The highest BCUT2D eigenvalue weighted by Crippen LogP contribution is 2.33. The Morgan fingerprint density at radius 1 is 1.33 bits per heavy atom. The van der Waals surface area contributed by atoms with Gasteiger partial charge in [0.25, 0.3) is 5.91 Å². The van der Waals surface area contributed by atoms with Gasteiger partial charge in [0.05, 0.1) is 11.3 Å². The first-order valence-electron chi connectivity index (χ1n) is 6.54. The molecule has 0 saturated carbocycles. The van der Waals surface area contributed by atoms with E-state index < -0.39 is 0 Å². The summed E-state index contributed by atoms with van der Waals surface area (Å²) >= 11 is 0. The standard InChI is InChI=1S/C14H19N3O/c1-10-4-3-5-11-13(10)14(18)16(2)12-6-7-15-8-9-17(11)12/h3-5,12,15H,6-9H2,1-2H3. The third kappa shape index (κ3) is 1.60. The number of hydrogen-bond acceptors (Lipinski definition) is 3. The first-order valence-corrected chi connectivity index (χ1v) is 6.54. The zero-order valence-corrected chi connectivity index (χ0v) is 10.9. The van der Waals surface area contributed by atoms with Gasteiger partial charge in [0.2, 0.25) is 0 Å². The summed E-state index contributed by atoms with van der Waals surface area (Å²) in [4.78, 5) is 16.7. The molecule has 3 rings (SSSR count). The molecule has 1 N–H and O–H groups in total. The molecule has 2 aliphatic rings. The van der Waals surface area contributed by atoms with Crippen molar-refractivity contribution in [1.82, 2.24) is 10.2 Å². The van der Waals surface area contributed by atoms with Gasteiger partial charge >= 0.3 is 0 Å². The fraction of sp³-hybridized carbons (Fsp3) is 0.500. The highest BCUT2D eigenvalue weighted by atomic mass is 16.2. The quantitative estimate of drug-likeness (QED) is 0.746. The summed E-state index contributed by atoms with van der Waals surface area (Å²) in [7, 11) is 1.92. The van der Waals surface area contributed by atoms with E-state index >= 15 is 0 Å². The SMILES string of the molecule is Cc1cccc2c1C(=O)N(C)C1CCNCCN21. The average molecular weight is 245 g/mol. The van der Waals surface area contributed by atoms with Gasteiger partial charge < -0.3 is 15.1 Å². The van der Waals surface area contributed by atoms with Gasteiger partial charge in [-0.3, -0.25) is 4.79 Å². The summed E-state index contributed by atoms with van der Waals surface area (Å²) in [6.07, 6.45) is 1.18. The molecule has 0 aliphatic carbocycles. The molecule has 1 aromatic carbocycles. The Labute approximate surface area is 108 Å². The minimum absolute atomic E-state index is 0.159. The highest BCUT2D eigenvalue weighted by molar-refractivity contribution is 6.03. The van der Waals surface area contributed by atoms with Gasteiger partial charge in [-0.25, -0.2) is 0 Å². The van der Waals surface area contributed by atoms with E-state index in [2.05, 4.69) is 16.3 Å². The number of nitrogens with zero attached hydrogens (tertiary/aromatic N) is 2. The van der Waals surface area contributed by atoms with Crippen molar-refractivity contribution in [2.75, 3.05) is 31.6 Å². The normalized spacial score (nSPS) is 23.4. The van der Waals surface area contributed by atoms with Crippen molar-refractivity contribution >= 4 is 11.6 Å². The molecular formula is C14H19N3O. The summed E-state index contributed by atoms with van der Waals surface area (Å²) in [5, 5.41) is 3.40. The Morgan fingerprint density at radius 2 is 2.17 bits per heavy atom. The number of hydrogen-bond donors (Lipinski definition) is 1. The molecular weight excluding hydrogens is 226 g/mol. The number of carbonyl (C=O) groups is 1. The lowest BCUT2D eigenvalue weighted by molar-refractivity contribution is 0.0704. The molecule has 2 heterocycles. The van der Waals surface area contributed by atoms with Crippen LogP contribution in [0.25, 0.3) is 0 Å². The number of amides is 1. The van der Waals surface area contributed by atoms with Crippen LogP contribution in [0.3, 0.4) is 0 Å². The van der Waals surface area contributed by atoms with Crippen LogP contribution >= 0.6 is 0 Å². The summed E-state index contributed by atoms with van der Waals surface area (Å²) < 4.78 is 0. The van der Waals surface area contributed by atoms with Gasteiger partial charge in [-0.2, -0.15) is 0 Å². The third-order valence-corrected chi connectivity index (χ3v) is 4.01. The molecule has 1 aromatic rings. The molecule has 1 saturated heterocycles. The maximum atomic E-state index is 12.5. The molecule has 0 aromatic heterocycles. The molecule has 1 fully saturated rings. The lowest BCUT2D eigenvalue weighted by Crippen LogP contribution is -2.54. The molecule has 0 bridgehead atoms. The van der Waals surface area contributed by atoms with Crippen molar-refractivity contribution in [3.05, 3.63) is 29.3 Å². The summed E-state index contributed by atoms with van der Waals surface area (Å²) in [5.74, 6) is 0.159. The molecule has 0 radical (unpaired) electrons. The largest absolute Gasteiger partial charge is 0.349 e. The maximum Gasteiger partial charge on any atom is 0.257 e. The Hall–Kier alpha value is -1.55. The van der Waals surface area contributed by atoms with Crippen molar-refractivity contribution < 1.29 is 4.79 Å². The molecule has 4 heteroatoms. The number of anilines is 1. The van der Waals surface area contributed by atoms with Crippen LogP contribution in [0.15, 0.2) is 18.2 Å². The molecule has 1 atom stereocenters. The topological polar surface area (TPSA) is 35.6 Å². The summed E-state index contributed by atoms with van der Waals surface area (Å²) in [6, 6.07) is 6.13. The molecule has 4 nitrogen and oxygen atoms in total. The van der Waals surface area contributed by atoms with Crippen LogP contribution in [0.4, 0.5) is 5.69 Å². The van der Waals surface area contributed by atoms with E-state index in [9.17, 15) is 4.79 Å². The van der Waals surface area contributed by atoms with Gasteiger partial charge in [0, 0.05) is 20.1 Å². The van der Waals surface area contributed by atoms with Crippen molar-refractivity contribution in [2.24, 2.45) is 0 Å². The van der Waals surface area contributed by atoms with Gasteiger partial charge in [-0.05, 0) is 31.5 Å². The van der Waals surface area contributed by atoms with Crippen LogP contribution in [0.5, 0.6) is 0 Å². The highest BCUT2D eigenvalue weighted by Gasteiger charge is 2.36. The van der Waals surface area contributed by atoms with Gasteiger partial charge in [0.1, 0.15) is 6.17 Å². The molecule has 18 heavy (non-hydrogen) atoms. The minimum Gasteiger partial charge on any atom is -0.349 e. The van der Waals surface area contributed by atoms with Gasteiger partial charge in [0.15, 0.2) is 0 Å². The van der Waals surface area contributed by atoms with Crippen molar-refractivity contribution in [3.8, 4) is 0 Å². The first kappa shape index (κ1) is 11.5. The zero-order chi connectivity index (χ0) is 12.7. The van der Waals surface area contributed by atoms with E-state index in [1.807, 2.05) is 31.0 Å².